The minimum absolute atomic E-state index is 0.00149. The van der Waals surface area contributed by atoms with Gasteiger partial charge in [-0.2, -0.15) is 0 Å². The van der Waals surface area contributed by atoms with E-state index in [2.05, 4.69) is 4.72 Å². The summed E-state index contributed by atoms with van der Waals surface area (Å²) >= 11 is 0. The zero-order valence-corrected chi connectivity index (χ0v) is 21.0. The summed E-state index contributed by atoms with van der Waals surface area (Å²) in [5.74, 6) is 0.246. The van der Waals surface area contributed by atoms with Crippen LogP contribution >= 0.6 is 0 Å². The number of pyridine rings is 1. The normalized spacial score (nSPS) is 16.1. The van der Waals surface area contributed by atoms with Gasteiger partial charge in [-0.05, 0) is 31.2 Å². The molecule has 188 valence electrons. The van der Waals surface area contributed by atoms with Gasteiger partial charge in [-0.3, -0.25) is 14.3 Å². The number of carbonyl (C=O) groups excluding carboxylic acids is 1. The van der Waals surface area contributed by atoms with Gasteiger partial charge in [0.1, 0.15) is 5.69 Å². The van der Waals surface area contributed by atoms with Gasteiger partial charge < -0.3 is 19.1 Å². The van der Waals surface area contributed by atoms with E-state index in [1.807, 2.05) is 36.1 Å². The number of ether oxygens (including phenoxy) is 1. The number of benzene rings is 2. The van der Waals surface area contributed by atoms with E-state index in [0.29, 0.717) is 49.7 Å². The van der Waals surface area contributed by atoms with Gasteiger partial charge in [-0.1, -0.05) is 35.9 Å². The number of fused-ring (bicyclic) bond motifs is 1. The van der Waals surface area contributed by atoms with Gasteiger partial charge in [0.25, 0.3) is 21.5 Å². The Morgan fingerprint density at radius 3 is 2.36 bits per heavy atom. The number of carbonyl (C=O) groups is 1. The number of hydrogen-bond donors (Lipinski definition) is 1. The number of nitrogens with one attached hydrogen (secondary N) is 1. The SMILES string of the molecule is Cc1ccc(S(=O)(=O)Nc2c(N3CCN(C(=O)C4=CCCO4)CC3)c3ccccc3n(C)c2=O)cc1. The van der Waals surface area contributed by atoms with E-state index in [4.69, 9.17) is 4.74 Å². The molecule has 1 fully saturated rings. The standard InChI is InChI=1S/C26H28N4O5S/c1-18-9-11-19(12-10-18)36(33,34)27-23-24(20-6-3-4-7-21(20)28(2)26(23)32)29-13-15-30(16-14-29)25(31)22-8-5-17-35-22/h3-4,6-12,27H,5,13-17H2,1-2H3. The number of anilines is 2. The molecule has 5 rings (SSSR count). The van der Waals surface area contributed by atoms with Crippen molar-refractivity contribution in [2.24, 2.45) is 7.05 Å². The summed E-state index contributed by atoms with van der Waals surface area (Å²) in [5, 5.41) is 0.753. The van der Waals surface area contributed by atoms with E-state index in [9.17, 15) is 18.0 Å². The number of aryl methyl sites for hydroxylation is 2. The third-order valence-electron chi connectivity index (χ3n) is 6.64. The zero-order valence-electron chi connectivity index (χ0n) is 20.2. The number of para-hydroxylation sites is 1. The van der Waals surface area contributed by atoms with Crippen molar-refractivity contribution in [3.05, 3.63) is 76.3 Å². The molecule has 1 amide bonds. The number of sulfonamides is 1. The molecule has 1 aromatic heterocycles. The van der Waals surface area contributed by atoms with Gasteiger partial charge in [0.05, 0.1) is 22.7 Å². The topological polar surface area (TPSA) is 101 Å². The Balaban J connectivity index is 1.53. The van der Waals surface area contributed by atoms with Crippen LogP contribution in [0.3, 0.4) is 0 Å². The molecule has 2 aromatic carbocycles. The third-order valence-corrected chi connectivity index (χ3v) is 8.01. The maximum absolute atomic E-state index is 13.5. The molecule has 2 aliphatic heterocycles. The van der Waals surface area contributed by atoms with Crippen LogP contribution in [0.15, 0.2) is 70.1 Å². The van der Waals surface area contributed by atoms with E-state index < -0.39 is 15.6 Å². The minimum atomic E-state index is -4.01. The maximum Gasteiger partial charge on any atom is 0.288 e. The molecule has 36 heavy (non-hydrogen) atoms. The average Bonchev–Trinajstić information content (AvgIpc) is 3.42. The van der Waals surface area contributed by atoms with Crippen molar-refractivity contribution in [3.8, 4) is 0 Å². The molecular formula is C26H28N4O5S. The van der Waals surface area contributed by atoms with Crippen LogP contribution in [-0.2, 0) is 26.6 Å². The molecule has 3 aromatic rings. The summed E-state index contributed by atoms with van der Waals surface area (Å²) in [6.07, 6.45) is 2.53. The molecule has 10 heteroatoms. The molecule has 1 N–H and O–H groups in total. The highest BCUT2D eigenvalue weighted by Crippen LogP contribution is 2.34. The van der Waals surface area contributed by atoms with Gasteiger partial charge in [0.15, 0.2) is 5.76 Å². The molecule has 0 saturated carbocycles. The molecule has 0 aliphatic carbocycles. The van der Waals surface area contributed by atoms with Crippen LogP contribution in [0.5, 0.6) is 0 Å². The fourth-order valence-electron chi connectivity index (χ4n) is 4.67. The number of aromatic nitrogens is 1. The Hall–Kier alpha value is -3.79. The Bertz CT molecular complexity index is 1520. The first-order chi connectivity index (χ1) is 17.3. The van der Waals surface area contributed by atoms with Gasteiger partial charge in [0, 0.05) is 45.0 Å². The van der Waals surface area contributed by atoms with Crippen LogP contribution in [0, 0.1) is 6.92 Å². The maximum atomic E-state index is 13.5. The van der Waals surface area contributed by atoms with E-state index in [-0.39, 0.29) is 16.5 Å². The molecule has 3 heterocycles. The van der Waals surface area contributed by atoms with Crippen molar-refractivity contribution in [1.29, 1.82) is 0 Å². The first-order valence-corrected chi connectivity index (χ1v) is 13.3. The highest BCUT2D eigenvalue weighted by Gasteiger charge is 2.30. The Morgan fingerprint density at radius 1 is 1.00 bits per heavy atom. The largest absolute Gasteiger partial charge is 0.488 e. The smallest absolute Gasteiger partial charge is 0.288 e. The monoisotopic (exact) mass is 508 g/mol. The third kappa shape index (κ3) is 4.32. The minimum Gasteiger partial charge on any atom is -0.488 e. The van der Waals surface area contributed by atoms with Crippen molar-refractivity contribution >= 4 is 38.2 Å². The van der Waals surface area contributed by atoms with Crippen molar-refractivity contribution in [3.63, 3.8) is 0 Å². The molecule has 0 radical (unpaired) electrons. The number of nitrogens with zero attached hydrogens (tertiary/aromatic N) is 3. The molecule has 9 nitrogen and oxygen atoms in total. The summed E-state index contributed by atoms with van der Waals surface area (Å²) < 4.78 is 36.0. The van der Waals surface area contributed by atoms with E-state index in [1.165, 1.54) is 16.7 Å². The summed E-state index contributed by atoms with van der Waals surface area (Å²) in [5.41, 5.74) is 1.70. The van der Waals surface area contributed by atoms with Crippen molar-refractivity contribution in [2.75, 3.05) is 42.4 Å². The second-order valence-corrected chi connectivity index (χ2v) is 10.7. The fraction of sp³-hybridized carbons (Fsp3) is 0.308. The number of amides is 1. The lowest BCUT2D eigenvalue weighted by atomic mass is 10.1. The van der Waals surface area contributed by atoms with Crippen LogP contribution in [0.4, 0.5) is 11.4 Å². The quantitative estimate of drug-likeness (QED) is 0.569. The highest BCUT2D eigenvalue weighted by molar-refractivity contribution is 7.92. The molecule has 0 bridgehead atoms. The highest BCUT2D eigenvalue weighted by atomic mass is 32.2. The van der Waals surface area contributed by atoms with Crippen LogP contribution < -0.4 is 15.2 Å². The van der Waals surface area contributed by atoms with E-state index in [0.717, 1.165) is 17.4 Å². The first kappa shape index (κ1) is 23.9. The van der Waals surface area contributed by atoms with E-state index >= 15 is 0 Å². The summed E-state index contributed by atoms with van der Waals surface area (Å²) in [6.45, 7) is 4.12. The fourth-order valence-corrected chi connectivity index (χ4v) is 5.73. The Kier molecular flexibility index (Phi) is 6.21. The zero-order chi connectivity index (χ0) is 25.4. The summed E-state index contributed by atoms with van der Waals surface area (Å²) in [6, 6.07) is 13.9. The van der Waals surface area contributed by atoms with Crippen molar-refractivity contribution in [1.82, 2.24) is 9.47 Å². The lowest BCUT2D eigenvalue weighted by Gasteiger charge is -2.37. The lowest BCUT2D eigenvalue weighted by molar-refractivity contribution is -0.130. The number of rotatable bonds is 5. The van der Waals surface area contributed by atoms with Crippen LogP contribution in [0.25, 0.3) is 10.9 Å². The van der Waals surface area contributed by atoms with Crippen LogP contribution in [-0.4, -0.2) is 56.6 Å². The second-order valence-electron chi connectivity index (χ2n) is 9.01. The lowest BCUT2D eigenvalue weighted by Crippen LogP contribution is -2.49. The number of piperazine rings is 1. The average molecular weight is 509 g/mol. The Labute approximate surface area is 209 Å². The Morgan fingerprint density at radius 2 is 1.69 bits per heavy atom. The van der Waals surface area contributed by atoms with Crippen molar-refractivity contribution in [2.45, 2.75) is 18.2 Å². The summed E-state index contributed by atoms with van der Waals surface area (Å²) in [4.78, 5) is 30.0. The predicted octanol–water partition coefficient (Wildman–Crippen LogP) is 2.60. The van der Waals surface area contributed by atoms with Gasteiger partial charge in [0.2, 0.25) is 0 Å². The molecule has 2 aliphatic rings. The van der Waals surface area contributed by atoms with Gasteiger partial charge in [-0.15, -0.1) is 0 Å². The first-order valence-electron chi connectivity index (χ1n) is 11.8. The predicted molar refractivity (Wildman–Crippen MR) is 139 cm³/mol. The molecule has 1 saturated heterocycles. The van der Waals surface area contributed by atoms with Crippen LogP contribution in [0.2, 0.25) is 0 Å². The van der Waals surface area contributed by atoms with Gasteiger partial charge >= 0.3 is 0 Å². The molecular weight excluding hydrogens is 480 g/mol. The number of hydrogen-bond acceptors (Lipinski definition) is 6. The molecule has 0 atom stereocenters. The summed E-state index contributed by atoms with van der Waals surface area (Å²) in [7, 11) is -2.38. The van der Waals surface area contributed by atoms with Crippen LogP contribution in [0.1, 0.15) is 12.0 Å². The van der Waals surface area contributed by atoms with Crippen molar-refractivity contribution < 1.29 is 17.9 Å². The molecule has 0 spiro atoms. The second kappa shape index (κ2) is 9.34. The van der Waals surface area contributed by atoms with E-state index in [1.54, 1.807) is 30.2 Å². The molecule has 0 unspecified atom stereocenters. The van der Waals surface area contributed by atoms with Gasteiger partial charge in [-0.25, -0.2) is 8.42 Å².